The lowest BCUT2D eigenvalue weighted by Crippen LogP contribution is -2.42. The highest BCUT2D eigenvalue weighted by molar-refractivity contribution is 4.42. The molecule has 48 valence electrons. The molecule has 0 saturated carbocycles. The molecule has 0 atom stereocenters. The molecule has 0 radical (unpaired) electrons. The predicted octanol–water partition coefficient (Wildman–Crippen LogP) is -0.937. The van der Waals surface area contributed by atoms with Gasteiger partial charge in [-0.1, -0.05) is 5.18 Å². The van der Waals surface area contributed by atoms with Crippen LogP contribution in [0.2, 0.25) is 0 Å². The van der Waals surface area contributed by atoms with Gasteiger partial charge in [0, 0.05) is 7.05 Å². The predicted molar refractivity (Wildman–Crippen MR) is 30.6 cm³/mol. The number of rotatable bonds is 4. The smallest absolute Gasteiger partial charge is 0.0966 e. The van der Waals surface area contributed by atoms with Gasteiger partial charge in [-0.05, 0) is 0 Å². The topological polar surface area (TPSA) is 70.7 Å². The van der Waals surface area contributed by atoms with Crippen LogP contribution in [0.4, 0.5) is 0 Å². The molecule has 0 aromatic carbocycles. The molecule has 0 bridgehead atoms. The van der Waals surface area contributed by atoms with Gasteiger partial charge in [0.15, 0.2) is 0 Å². The van der Waals surface area contributed by atoms with Crippen molar-refractivity contribution in [2.45, 2.75) is 0 Å². The number of hydrogen-bond acceptors (Lipinski definition) is 5. The van der Waals surface area contributed by atoms with Gasteiger partial charge in [0.1, 0.15) is 0 Å². The Labute approximate surface area is 47.8 Å². The molecule has 0 fully saturated rings. The molecule has 0 aliphatic carbocycles. The van der Waals surface area contributed by atoms with E-state index in [9.17, 15) is 4.91 Å². The summed E-state index contributed by atoms with van der Waals surface area (Å²) in [6.07, 6.45) is 0. The van der Waals surface area contributed by atoms with Gasteiger partial charge in [0.2, 0.25) is 0 Å². The molecule has 3 N–H and O–H groups in total. The maximum Gasteiger partial charge on any atom is 0.0966 e. The molecular formula is C3H10N4O. The van der Waals surface area contributed by atoms with Crippen molar-refractivity contribution in [3.8, 4) is 0 Å². The first-order valence-corrected chi connectivity index (χ1v) is 2.30. The van der Waals surface area contributed by atoms with Gasteiger partial charge < -0.3 is 0 Å². The number of hydrazine groups is 2. The molecule has 0 aliphatic heterocycles. The van der Waals surface area contributed by atoms with E-state index in [1.165, 1.54) is 5.12 Å². The van der Waals surface area contributed by atoms with Crippen LogP contribution in [0.5, 0.6) is 0 Å². The lowest BCUT2D eigenvalue weighted by atomic mass is 10.7. The summed E-state index contributed by atoms with van der Waals surface area (Å²) in [5, 5.41) is 3.90. The Morgan fingerprint density at radius 2 is 2.50 bits per heavy atom. The van der Waals surface area contributed by atoms with Gasteiger partial charge in [-0.2, -0.15) is 10.0 Å². The molecular weight excluding hydrogens is 108 g/mol. The average Bonchev–Trinajstić information content (AvgIpc) is 1.83. The Morgan fingerprint density at radius 1 is 1.88 bits per heavy atom. The summed E-state index contributed by atoms with van der Waals surface area (Å²) in [7, 11) is 1.67. The van der Waals surface area contributed by atoms with Crippen LogP contribution < -0.4 is 11.3 Å². The highest BCUT2D eigenvalue weighted by Gasteiger charge is 1.90. The largest absolute Gasteiger partial charge is 0.255 e. The second-order valence-corrected chi connectivity index (χ2v) is 1.27. The molecule has 0 unspecified atom stereocenters. The highest BCUT2D eigenvalue weighted by atomic mass is 16.3. The highest BCUT2D eigenvalue weighted by Crippen LogP contribution is 1.68. The summed E-state index contributed by atoms with van der Waals surface area (Å²) in [4.78, 5) is 9.47. The SMILES string of the molecule is CNN(N)CCN=O. The monoisotopic (exact) mass is 118 g/mol. The van der Waals surface area contributed by atoms with Gasteiger partial charge in [0.05, 0.1) is 13.1 Å². The number of hydrogen-bond donors (Lipinski definition) is 2. The molecule has 0 aliphatic rings. The normalized spacial score (nSPS) is 9.88. The van der Waals surface area contributed by atoms with Crippen LogP contribution in [0.3, 0.4) is 0 Å². The molecule has 0 spiro atoms. The Bertz CT molecular complexity index is 66.3. The fourth-order valence-corrected chi connectivity index (χ4v) is 0.260. The second-order valence-electron chi connectivity index (χ2n) is 1.27. The van der Waals surface area contributed by atoms with Crippen molar-refractivity contribution in [2.24, 2.45) is 11.0 Å². The molecule has 0 saturated heterocycles. The Balaban J connectivity index is 2.97. The molecule has 0 aromatic rings. The molecule has 5 nitrogen and oxygen atoms in total. The van der Waals surface area contributed by atoms with E-state index in [1.54, 1.807) is 7.05 Å². The van der Waals surface area contributed by atoms with Crippen LogP contribution in [0.25, 0.3) is 0 Å². The minimum Gasteiger partial charge on any atom is -0.255 e. The molecule has 0 amide bonds. The lowest BCUT2D eigenvalue weighted by molar-refractivity contribution is 0.220. The Hall–Kier alpha value is -0.520. The van der Waals surface area contributed by atoms with E-state index in [2.05, 4.69) is 10.6 Å². The van der Waals surface area contributed by atoms with E-state index in [-0.39, 0.29) is 6.54 Å². The third-order valence-corrected chi connectivity index (χ3v) is 0.719. The van der Waals surface area contributed by atoms with Crippen LogP contribution in [0.1, 0.15) is 0 Å². The second kappa shape index (κ2) is 4.63. The molecule has 5 heteroatoms. The maximum absolute atomic E-state index is 9.47. The third kappa shape index (κ3) is 3.66. The van der Waals surface area contributed by atoms with E-state index < -0.39 is 0 Å². The van der Waals surface area contributed by atoms with E-state index in [0.29, 0.717) is 6.54 Å². The summed E-state index contributed by atoms with van der Waals surface area (Å²) >= 11 is 0. The third-order valence-electron chi connectivity index (χ3n) is 0.719. The number of nitrogens with two attached hydrogens (primary N) is 1. The zero-order valence-electron chi connectivity index (χ0n) is 4.79. The summed E-state index contributed by atoms with van der Waals surface area (Å²) < 4.78 is 0. The van der Waals surface area contributed by atoms with Gasteiger partial charge >= 0.3 is 0 Å². The van der Waals surface area contributed by atoms with Crippen LogP contribution in [0, 0.1) is 4.91 Å². The quantitative estimate of drug-likeness (QED) is 0.284. The molecule has 0 aromatic heterocycles. The molecule has 0 heterocycles. The molecule has 8 heavy (non-hydrogen) atoms. The van der Waals surface area contributed by atoms with Crippen LogP contribution in [-0.4, -0.2) is 25.3 Å². The summed E-state index contributed by atoms with van der Waals surface area (Å²) in [6.45, 7) is 0.664. The van der Waals surface area contributed by atoms with Crippen molar-refractivity contribution in [1.82, 2.24) is 10.5 Å². The lowest BCUT2D eigenvalue weighted by Gasteiger charge is -2.10. The first kappa shape index (κ1) is 7.48. The summed E-state index contributed by atoms with van der Waals surface area (Å²) in [5.41, 5.74) is 2.61. The first-order valence-electron chi connectivity index (χ1n) is 2.30. The Kier molecular flexibility index (Phi) is 4.33. The zero-order chi connectivity index (χ0) is 6.41. The van der Waals surface area contributed by atoms with Crippen molar-refractivity contribution in [2.75, 3.05) is 20.1 Å². The van der Waals surface area contributed by atoms with Gasteiger partial charge in [-0.15, -0.1) is 0 Å². The van der Waals surface area contributed by atoms with Gasteiger partial charge in [-0.3, -0.25) is 5.84 Å². The van der Waals surface area contributed by atoms with Crippen molar-refractivity contribution in [3.63, 3.8) is 0 Å². The summed E-state index contributed by atoms with van der Waals surface area (Å²) in [5.74, 6) is 5.18. The maximum atomic E-state index is 9.47. The zero-order valence-corrected chi connectivity index (χ0v) is 4.79. The minimum absolute atomic E-state index is 0.220. The van der Waals surface area contributed by atoms with Crippen molar-refractivity contribution < 1.29 is 0 Å². The van der Waals surface area contributed by atoms with E-state index in [0.717, 1.165) is 0 Å². The van der Waals surface area contributed by atoms with Crippen LogP contribution in [-0.2, 0) is 0 Å². The summed E-state index contributed by atoms with van der Waals surface area (Å²) in [6, 6.07) is 0. The molecule has 0 rings (SSSR count). The fourth-order valence-electron chi connectivity index (χ4n) is 0.260. The van der Waals surface area contributed by atoms with Crippen LogP contribution in [0.15, 0.2) is 5.18 Å². The standard InChI is InChI=1S/C3H10N4O/c1-5-7(4)3-2-6-8/h5H,2-4H2,1H3. The first-order chi connectivity index (χ1) is 3.81. The fraction of sp³-hybridized carbons (Fsp3) is 1.00. The Morgan fingerprint density at radius 3 is 2.88 bits per heavy atom. The van der Waals surface area contributed by atoms with Crippen LogP contribution >= 0.6 is 0 Å². The van der Waals surface area contributed by atoms with Gasteiger partial charge in [-0.25, -0.2) is 5.43 Å². The average molecular weight is 118 g/mol. The van der Waals surface area contributed by atoms with Crippen molar-refractivity contribution >= 4 is 0 Å². The number of nitroso groups, excluding NO2 is 1. The van der Waals surface area contributed by atoms with E-state index in [1.807, 2.05) is 0 Å². The van der Waals surface area contributed by atoms with Gasteiger partial charge in [0.25, 0.3) is 0 Å². The van der Waals surface area contributed by atoms with E-state index >= 15 is 0 Å². The van der Waals surface area contributed by atoms with E-state index in [4.69, 9.17) is 5.84 Å². The van der Waals surface area contributed by atoms with Crippen molar-refractivity contribution in [3.05, 3.63) is 4.91 Å². The van der Waals surface area contributed by atoms with Crippen molar-refractivity contribution in [1.29, 1.82) is 0 Å². The minimum atomic E-state index is 0.220. The number of nitrogens with one attached hydrogen (secondary N) is 1. The number of nitrogens with zero attached hydrogens (tertiary/aromatic N) is 2.